The van der Waals surface area contributed by atoms with Gasteiger partial charge in [0.2, 0.25) is 0 Å². The van der Waals surface area contributed by atoms with E-state index in [1.807, 2.05) is 6.07 Å². The number of imidazole rings is 1. The number of rotatable bonds is 5. The van der Waals surface area contributed by atoms with Crippen molar-refractivity contribution in [1.29, 1.82) is 0 Å². The van der Waals surface area contributed by atoms with E-state index in [4.69, 9.17) is 4.74 Å². The molecule has 0 radical (unpaired) electrons. The van der Waals surface area contributed by atoms with Gasteiger partial charge < -0.3 is 9.30 Å². The highest BCUT2D eigenvalue weighted by atomic mass is 16.5. The summed E-state index contributed by atoms with van der Waals surface area (Å²) >= 11 is 0. The Labute approximate surface area is 102 Å². The van der Waals surface area contributed by atoms with Crippen LogP contribution < -0.4 is 0 Å². The van der Waals surface area contributed by atoms with E-state index in [1.54, 1.807) is 7.11 Å². The topological polar surface area (TPSA) is 27.1 Å². The molecule has 0 fully saturated rings. The van der Waals surface area contributed by atoms with Crippen LogP contribution in [0, 0.1) is 5.92 Å². The summed E-state index contributed by atoms with van der Waals surface area (Å²) in [6, 6.07) is 8.28. The summed E-state index contributed by atoms with van der Waals surface area (Å²) in [5, 5.41) is 0. The van der Waals surface area contributed by atoms with E-state index in [0.717, 1.165) is 17.9 Å². The summed E-state index contributed by atoms with van der Waals surface area (Å²) in [5.41, 5.74) is 2.27. The first kappa shape index (κ1) is 12.1. The average Bonchev–Trinajstić information content (AvgIpc) is 2.68. The lowest BCUT2D eigenvalue weighted by atomic mass is 10.1. The van der Waals surface area contributed by atoms with Crippen LogP contribution in [0.3, 0.4) is 0 Å². The smallest absolute Gasteiger partial charge is 0.135 e. The van der Waals surface area contributed by atoms with Crippen molar-refractivity contribution in [3.8, 4) is 0 Å². The molecule has 92 valence electrons. The summed E-state index contributed by atoms with van der Waals surface area (Å²) in [6.45, 7) is 6.08. The molecule has 3 nitrogen and oxygen atoms in total. The molecule has 1 aromatic carbocycles. The van der Waals surface area contributed by atoms with Crippen LogP contribution in [-0.4, -0.2) is 16.7 Å². The number of hydrogen-bond donors (Lipinski definition) is 0. The number of aromatic nitrogens is 2. The van der Waals surface area contributed by atoms with Gasteiger partial charge in [-0.3, -0.25) is 0 Å². The van der Waals surface area contributed by atoms with Gasteiger partial charge in [-0.25, -0.2) is 4.98 Å². The lowest BCUT2D eigenvalue weighted by molar-refractivity contribution is 0.173. The molecular weight excluding hydrogens is 212 g/mol. The number of benzene rings is 1. The normalized spacial score (nSPS) is 13.1. The van der Waals surface area contributed by atoms with Crippen molar-refractivity contribution >= 4 is 11.0 Å². The number of ether oxygens (including phenoxy) is 1. The van der Waals surface area contributed by atoms with E-state index in [9.17, 15) is 0 Å². The first-order chi connectivity index (χ1) is 8.26. The number of methoxy groups -OCH3 is 1. The van der Waals surface area contributed by atoms with Crippen LogP contribution in [-0.2, 0) is 17.9 Å². The highest BCUT2D eigenvalue weighted by molar-refractivity contribution is 5.75. The monoisotopic (exact) mass is 232 g/mol. The summed E-state index contributed by atoms with van der Waals surface area (Å²) in [5.74, 6) is 1.68. The third kappa shape index (κ3) is 2.50. The molecule has 17 heavy (non-hydrogen) atoms. The molecule has 1 aromatic heterocycles. The molecule has 0 aliphatic heterocycles. The zero-order valence-corrected chi connectivity index (χ0v) is 10.8. The first-order valence-electron chi connectivity index (χ1n) is 6.19. The van der Waals surface area contributed by atoms with E-state index in [1.165, 1.54) is 11.9 Å². The van der Waals surface area contributed by atoms with Crippen LogP contribution in [0.5, 0.6) is 0 Å². The molecule has 0 saturated carbocycles. The summed E-state index contributed by atoms with van der Waals surface area (Å²) in [7, 11) is 1.72. The van der Waals surface area contributed by atoms with Crippen molar-refractivity contribution in [3.63, 3.8) is 0 Å². The van der Waals surface area contributed by atoms with Crippen LogP contribution in [0.2, 0.25) is 0 Å². The van der Waals surface area contributed by atoms with E-state index < -0.39 is 0 Å². The van der Waals surface area contributed by atoms with Gasteiger partial charge >= 0.3 is 0 Å². The number of fused-ring (bicyclic) bond motifs is 1. The Morgan fingerprint density at radius 1 is 1.35 bits per heavy atom. The minimum atomic E-state index is 0.575. The van der Waals surface area contributed by atoms with Crippen molar-refractivity contribution < 1.29 is 4.74 Å². The predicted molar refractivity (Wildman–Crippen MR) is 69.9 cm³/mol. The zero-order valence-electron chi connectivity index (χ0n) is 10.8. The predicted octanol–water partition coefficient (Wildman–Crippen LogP) is 3.23. The van der Waals surface area contributed by atoms with Gasteiger partial charge in [0.25, 0.3) is 0 Å². The lowest BCUT2D eigenvalue weighted by Gasteiger charge is -2.13. The Hall–Kier alpha value is -1.35. The second kappa shape index (κ2) is 5.32. The Morgan fingerprint density at radius 2 is 2.12 bits per heavy atom. The van der Waals surface area contributed by atoms with Crippen LogP contribution in [0.4, 0.5) is 0 Å². The van der Waals surface area contributed by atoms with Gasteiger partial charge in [0.15, 0.2) is 0 Å². The fraction of sp³-hybridized carbons (Fsp3) is 0.500. The molecule has 1 atom stereocenters. The summed E-state index contributed by atoms with van der Waals surface area (Å²) < 4.78 is 7.51. The molecule has 3 heteroatoms. The summed E-state index contributed by atoms with van der Waals surface area (Å²) in [6.07, 6.45) is 1.18. The fourth-order valence-electron chi connectivity index (χ4n) is 2.01. The third-order valence-corrected chi connectivity index (χ3v) is 3.20. The molecule has 2 aromatic rings. The number of nitrogens with zero attached hydrogens (tertiary/aromatic N) is 2. The molecule has 0 saturated heterocycles. The zero-order chi connectivity index (χ0) is 12.3. The van der Waals surface area contributed by atoms with Gasteiger partial charge in [-0.05, 0) is 18.1 Å². The molecule has 0 N–H and O–H groups in total. The Balaban J connectivity index is 2.44. The maximum atomic E-state index is 5.23. The van der Waals surface area contributed by atoms with Crippen LogP contribution in [0.1, 0.15) is 26.1 Å². The Bertz CT molecular complexity index is 490. The third-order valence-electron chi connectivity index (χ3n) is 3.20. The minimum Gasteiger partial charge on any atom is -0.377 e. The fourth-order valence-corrected chi connectivity index (χ4v) is 2.01. The maximum absolute atomic E-state index is 5.23. The molecule has 0 bridgehead atoms. The van der Waals surface area contributed by atoms with Crippen LogP contribution >= 0.6 is 0 Å². The van der Waals surface area contributed by atoms with E-state index in [0.29, 0.717) is 12.5 Å². The van der Waals surface area contributed by atoms with Crippen molar-refractivity contribution in [2.24, 2.45) is 5.92 Å². The van der Waals surface area contributed by atoms with Gasteiger partial charge in [-0.1, -0.05) is 32.4 Å². The molecule has 0 aliphatic carbocycles. The molecule has 1 heterocycles. The van der Waals surface area contributed by atoms with Crippen molar-refractivity contribution in [2.75, 3.05) is 7.11 Å². The van der Waals surface area contributed by atoms with Crippen LogP contribution in [0.15, 0.2) is 24.3 Å². The SMILES string of the molecule is CC[C@@H](C)Cn1c(COC)nc2ccccc21. The van der Waals surface area contributed by atoms with Crippen molar-refractivity contribution in [1.82, 2.24) is 9.55 Å². The van der Waals surface area contributed by atoms with Gasteiger partial charge in [-0.15, -0.1) is 0 Å². The second-order valence-electron chi connectivity index (χ2n) is 4.57. The molecule has 0 amide bonds. The Kier molecular flexibility index (Phi) is 3.79. The van der Waals surface area contributed by atoms with E-state index in [2.05, 4.69) is 41.6 Å². The highest BCUT2D eigenvalue weighted by Crippen LogP contribution is 2.19. The van der Waals surface area contributed by atoms with Gasteiger partial charge in [-0.2, -0.15) is 0 Å². The summed E-state index contributed by atoms with van der Waals surface area (Å²) in [4.78, 5) is 4.63. The standard InChI is InChI=1S/C14H20N2O/c1-4-11(2)9-16-13-8-6-5-7-12(13)15-14(16)10-17-3/h5-8,11H,4,9-10H2,1-3H3/t11-/m1/s1. The van der Waals surface area contributed by atoms with Gasteiger partial charge in [0, 0.05) is 13.7 Å². The maximum Gasteiger partial charge on any atom is 0.135 e. The molecule has 2 rings (SSSR count). The average molecular weight is 232 g/mol. The van der Waals surface area contributed by atoms with Crippen molar-refractivity contribution in [2.45, 2.75) is 33.4 Å². The largest absolute Gasteiger partial charge is 0.377 e. The lowest BCUT2D eigenvalue weighted by Crippen LogP contribution is -2.10. The Morgan fingerprint density at radius 3 is 2.82 bits per heavy atom. The molecule has 0 aliphatic rings. The minimum absolute atomic E-state index is 0.575. The van der Waals surface area contributed by atoms with Crippen LogP contribution in [0.25, 0.3) is 11.0 Å². The molecule has 0 unspecified atom stereocenters. The van der Waals surface area contributed by atoms with E-state index in [-0.39, 0.29) is 0 Å². The van der Waals surface area contributed by atoms with E-state index >= 15 is 0 Å². The highest BCUT2D eigenvalue weighted by Gasteiger charge is 2.11. The van der Waals surface area contributed by atoms with Gasteiger partial charge in [0.05, 0.1) is 11.0 Å². The number of hydrogen-bond acceptors (Lipinski definition) is 2. The molecule has 0 spiro atoms. The number of para-hydroxylation sites is 2. The first-order valence-corrected chi connectivity index (χ1v) is 6.19. The van der Waals surface area contributed by atoms with Gasteiger partial charge in [0.1, 0.15) is 12.4 Å². The second-order valence-corrected chi connectivity index (χ2v) is 4.57. The molecular formula is C14H20N2O. The quantitative estimate of drug-likeness (QED) is 0.791. The van der Waals surface area contributed by atoms with Crippen molar-refractivity contribution in [3.05, 3.63) is 30.1 Å².